The van der Waals surface area contributed by atoms with Gasteiger partial charge >= 0.3 is 0 Å². The average Bonchev–Trinajstić information content (AvgIpc) is 3.24. The van der Waals surface area contributed by atoms with Crippen molar-refractivity contribution in [2.75, 3.05) is 7.11 Å². The van der Waals surface area contributed by atoms with Crippen LogP contribution in [0.2, 0.25) is 0 Å². The van der Waals surface area contributed by atoms with Crippen molar-refractivity contribution >= 4 is 34.0 Å². The Hall–Kier alpha value is -3.10. The van der Waals surface area contributed by atoms with Crippen molar-refractivity contribution in [2.45, 2.75) is 29.8 Å². The molecule has 3 heterocycles. The SMILES string of the molecule is COc1cccc(-c2nc(CSc3nnc(-c4c[nH]c5ccccc45)n3C3CC3)cs2)c1. The topological polar surface area (TPSA) is 68.6 Å². The lowest BCUT2D eigenvalue weighted by Crippen LogP contribution is -1.99. The molecule has 3 aromatic heterocycles. The molecule has 1 N–H and O–H groups in total. The Labute approximate surface area is 193 Å². The third kappa shape index (κ3) is 3.59. The number of rotatable bonds is 7. The summed E-state index contributed by atoms with van der Waals surface area (Å²) >= 11 is 3.36. The Kier molecular flexibility index (Phi) is 4.96. The lowest BCUT2D eigenvalue weighted by atomic mass is 10.1. The van der Waals surface area contributed by atoms with Gasteiger partial charge in [0.05, 0.1) is 12.8 Å². The minimum Gasteiger partial charge on any atom is -0.497 e. The van der Waals surface area contributed by atoms with Crippen molar-refractivity contribution in [2.24, 2.45) is 0 Å². The van der Waals surface area contributed by atoms with Gasteiger partial charge in [-0.1, -0.05) is 42.1 Å². The van der Waals surface area contributed by atoms with Gasteiger partial charge in [0.15, 0.2) is 11.0 Å². The van der Waals surface area contributed by atoms with E-state index in [-0.39, 0.29) is 0 Å². The quantitative estimate of drug-likeness (QED) is 0.294. The van der Waals surface area contributed by atoms with E-state index in [1.807, 2.05) is 30.5 Å². The minimum absolute atomic E-state index is 0.485. The van der Waals surface area contributed by atoms with Crippen LogP contribution in [0.15, 0.2) is 65.3 Å². The van der Waals surface area contributed by atoms with E-state index >= 15 is 0 Å². The molecule has 32 heavy (non-hydrogen) atoms. The summed E-state index contributed by atoms with van der Waals surface area (Å²) in [6, 6.07) is 16.8. The zero-order valence-electron chi connectivity index (χ0n) is 17.5. The van der Waals surface area contributed by atoms with Crippen LogP contribution in [0.25, 0.3) is 32.9 Å². The first kappa shape index (κ1) is 19.6. The van der Waals surface area contributed by atoms with Crippen LogP contribution in [0.5, 0.6) is 5.75 Å². The van der Waals surface area contributed by atoms with Crippen molar-refractivity contribution in [3.63, 3.8) is 0 Å². The van der Waals surface area contributed by atoms with Gasteiger partial charge in [0, 0.05) is 45.4 Å². The number of methoxy groups -OCH3 is 1. The lowest BCUT2D eigenvalue weighted by molar-refractivity contribution is 0.415. The Morgan fingerprint density at radius 3 is 2.94 bits per heavy atom. The molecule has 0 saturated heterocycles. The molecule has 0 unspecified atom stereocenters. The number of aromatic amines is 1. The summed E-state index contributed by atoms with van der Waals surface area (Å²) in [5, 5.41) is 14.4. The highest BCUT2D eigenvalue weighted by atomic mass is 32.2. The highest BCUT2D eigenvalue weighted by Crippen LogP contribution is 2.42. The number of benzene rings is 2. The van der Waals surface area contributed by atoms with Gasteiger partial charge in [0.2, 0.25) is 0 Å². The molecule has 160 valence electrons. The standard InChI is InChI=1S/C24H21N5OS2/c1-30-18-6-4-5-15(11-18)23-26-16(13-31-23)14-32-24-28-27-22(29(24)17-9-10-17)20-12-25-21-8-3-2-7-19(20)21/h2-8,11-13,17,25H,9-10,14H2,1H3. The average molecular weight is 460 g/mol. The van der Waals surface area contributed by atoms with Gasteiger partial charge in [-0.25, -0.2) is 4.98 Å². The molecule has 6 nitrogen and oxygen atoms in total. The zero-order valence-corrected chi connectivity index (χ0v) is 19.1. The minimum atomic E-state index is 0.485. The number of para-hydroxylation sites is 1. The number of nitrogens with zero attached hydrogens (tertiary/aromatic N) is 4. The first-order chi connectivity index (χ1) is 15.8. The van der Waals surface area contributed by atoms with Gasteiger partial charge < -0.3 is 9.72 Å². The second kappa shape index (κ2) is 8.11. The van der Waals surface area contributed by atoms with Crippen molar-refractivity contribution in [1.29, 1.82) is 0 Å². The second-order valence-electron chi connectivity index (χ2n) is 7.82. The van der Waals surface area contributed by atoms with E-state index in [1.165, 1.54) is 18.2 Å². The van der Waals surface area contributed by atoms with E-state index in [0.717, 1.165) is 49.8 Å². The first-order valence-electron chi connectivity index (χ1n) is 10.5. The largest absolute Gasteiger partial charge is 0.497 e. The van der Waals surface area contributed by atoms with E-state index < -0.39 is 0 Å². The maximum Gasteiger partial charge on any atom is 0.192 e. The van der Waals surface area contributed by atoms with Gasteiger partial charge in [0.25, 0.3) is 0 Å². The second-order valence-corrected chi connectivity index (χ2v) is 9.62. The van der Waals surface area contributed by atoms with E-state index in [9.17, 15) is 0 Å². The van der Waals surface area contributed by atoms with Crippen LogP contribution in [0, 0.1) is 0 Å². The Morgan fingerprint density at radius 1 is 1.16 bits per heavy atom. The van der Waals surface area contributed by atoms with Crippen LogP contribution in [-0.4, -0.2) is 31.8 Å². The molecular weight excluding hydrogens is 438 g/mol. The molecule has 5 aromatic rings. The van der Waals surface area contributed by atoms with Gasteiger partial charge in [-0.3, -0.25) is 4.57 Å². The molecule has 0 amide bonds. The van der Waals surface area contributed by atoms with E-state index in [2.05, 4.69) is 49.4 Å². The van der Waals surface area contributed by atoms with Crippen LogP contribution in [-0.2, 0) is 5.75 Å². The number of hydrogen-bond acceptors (Lipinski definition) is 6. The number of fused-ring (bicyclic) bond motifs is 1. The number of thiazole rings is 1. The van der Waals surface area contributed by atoms with Crippen LogP contribution < -0.4 is 4.74 Å². The number of thioether (sulfide) groups is 1. The Bertz CT molecular complexity index is 1400. The molecule has 1 aliphatic carbocycles. The molecule has 1 saturated carbocycles. The van der Waals surface area contributed by atoms with Crippen molar-refractivity contribution in [1.82, 2.24) is 24.7 Å². The van der Waals surface area contributed by atoms with Gasteiger partial charge in [-0.2, -0.15) is 0 Å². The summed E-state index contributed by atoms with van der Waals surface area (Å²) in [5.74, 6) is 2.55. The van der Waals surface area contributed by atoms with Crippen LogP contribution in [0.4, 0.5) is 0 Å². The van der Waals surface area contributed by atoms with Gasteiger partial charge in [-0.05, 0) is 31.0 Å². The van der Waals surface area contributed by atoms with Gasteiger partial charge in [-0.15, -0.1) is 21.5 Å². The highest BCUT2D eigenvalue weighted by molar-refractivity contribution is 7.98. The Balaban J connectivity index is 1.26. The highest BCUT2D eigenvalue weighted by Gasteiger charge is 2.31. The smallest absolute Gasteiger partial charge is 0.192 e. The lowest BCUT2D eigenvalue weighted by Gasteiger charge is -2.07. The molecule has 1 fully saturated rings. The number of aromatic nitrogens is 5. The Morgan fingerprint density at radius 2 is 2.06 bits per heavy atom. The molecule has 0 spiro atoms. The molecule has 0 radical (unpaired) electrons. The predicted octanol–water partition coefficient (Wildman–Crippen LogP) is 6.19. The fourth-order valence-corrected chi connectivity index (χ4v) is 5.70. The summed E-state index contributed by atoms with van der Waals surface area (Å²) in [6.07, 6.45) is 4.40. The number of ether oxygens (including phenoxy) is 1. The zero-order chi connectivity index (χ0) is 21.5. The summed E-state index contributed by atoms with van der Waals surface area (Å²) in [7, 11) is 1.68. The third-order valence-electron chi connectivity index (χ3n) is 5.62. The summed E-state index contributed by atoms with van der Waals surface area (Å²) in [5.41, 5.74) is 4.36. The normalized spacial score (nSPS) is 13.7. The summed E-state index contributed by atoms with van der Waals surface area (Å²) in [4.78, 5) is 8.20. The van der Waals surface area contributed by atoms with Crippen LogP contribution >= 0.6 is 23.1 Å². The van der Waals surface area contributed by atoms with E-state index in [0.29, 0.717) is 6.04 Å². The van der Waals surface area contributed by atoms with Crippen LogP contribution in [0.3, 0.4) is 0 Å². The predicted molar refractivity (Wildman–Crippen MR) is 129 cm³/mol. The third-order valence-corrected chi connectivity index (χ3v) is 7.54. The molecule has 1 aliphatic rings. The van der Waals surface area contributed by atoms with E-state index in [4.69, 9.17) is 9.72 Å². The van der Waals surface area contributed by atoms with Crippen LogP contribution in [0.1, 0.15) is 24.6 Å². The number of nitrogens with one attached hydrogen (secondary N) is 1. The fraction of sp³-hybridized carbons (Fsp3) is 0.208. The van der Waals surface area contributed by atoms with Crippen molar-refractivity contribution < 1.29 is 4.74 Å². The van der Waals surface area contributed by atoms with Gasteiger partial charge in [0.1, 0.15) is 10.8 Å². The number of H-pyrrole nitrogens is 1. The molecule has 2 aromatic carbocycles. The monoisotopic (exact) mass is 459 g/mol. The van der Waals surface area contributed by atoms with Crippen molar-refractivity contribution in [3.05, 3.63) is 65.8 Å². The summed E-state index contributed by atoms with van der Waals surface area (Å²) < 4.78 is 7.66. The van der Waals surface area contributed by atoms with Crippen molar-refractivity contribution in [3.8, 4) is 27.7 Å². The maximum atomic E-state index is 5.34. The summed E-state index contributed by atoms with van der Waals surface area (Å²) in [6.45, 7) is 0. The molecule has 0 aliphatic heterocycles. The number of hydrogen-bond donors (Lipinski definition) is 1. The fourth-order valence-electron chi connectivity index (χ4n) is 3.88. The molecule has 6 rings (SSSR count). The molecular formula is C24H21N5OS2. The molecule has 0 atom stereocenters. The molecule has 8 heteroatoms. The maximum absolute atomic E-state index is 5.34. The first-order valence-corrected chi connectivity index (χ1v) is 12.4. The molecule has 0 bridgehead atoms. The van der Waals surface area contributed by atoms with E-state index in [1.54, 1.807) is 30.2 Å².